The molecule has 0 heterocycles. The monoisotopic (exact) mass is 190 g/mol. The molecule has 0 saturated heterocycles. The summed E-state index contributed by atoms with van der Waals surface area (Å²) in [5, 5.41) is 7.00. The molecule has 0 aromatic heterocycles. The summed E-state index contributed by atoms with van der Waals surface area (Å²) in [4.78, 5) is 13.0. The highest BCUT2D eigenvalue weighted by Crippen LogP contribution is 2.15. The molecule has 1 rings (SSSR count). The third-order valence-electron chi connectivity index (χ3n) is 2.11. The summed E-state index contributed by atoms with van der Waals surface area (Å²) < 4.78 is 0. The van der Waals surface area contributed by atoms with E-state index in [0.29, 0.717) is 5.57 Å². The maximum absolute atomic E-state index is 11.7. The zero-order chi connectivity index (χ0) is 10.6. The Morgan fingerprint density at radius 2 is 2.36 bits per heavy atom. The maximum Gasteiger partial charge on any atom is 0.258 e. The Kier molecular flexibility index (Phi) is 3.40. The van der Waals surface area contributed by atoms with E-state index in [9.17, 15) is 4.79 Å². The van der Waals surface area contributed by atoms with Crippen LogP contribution in [-0.4, -0.2) is 24.2 Å². The van der Waals surface area contributed by atoms with Gasteiger partial charge in [0.25, 0.3) is 5.91 Å². The summed E-state index contributed by atoms with van der Waals surface area (Å²) in [5.41, 5.74) is 1.62. The van der Waals surface area contributed by atoms with E-state index >= 15 is 0 Å². The molecule has 74 valence electrons. The van der Waals surface area contributed by atoms with Crippen molar-refractivity contribution in [1.29, 1.82) is 5.41 Å². The number of nitrogens with zero attached hydrogens (tertiary/aromatic N) is 1. The van der Waals surface area contributed by atoms with Crippen LogP contribution in [0.3, 0.4) is 0 Å². The molecule has 14 heavy (non-hydrogen) atoms. The molecule has 3 nitrogen and oxygen atoms in total. The number of rotatable bonds is 2. The Bertz CT molecular complexity index is 337. The van der Waals surface area contributed by atoms with E-state index in [1.54, 1.807) is 7.05 Å². The van der Waals surface area contributed by atoms with Gasteiger partial charge >= 0.3 is 0 Å². The van der Waals surface area contributed by atoms with Gasteiger partial charge in [0.15, 0.2) is 0 Å². The van der Waals surface area contributed by atoms with Crippen molar-refractivity contribution in [2.75, 3.05) is 7.05 Å². The highest BCUT2D eigenvalue weighted by Gasteiger charge is 2.14. The van der Waals surface area contributed by atoms with E-state index in [1.165, 1.54) is 4.90 Å². The first-order chi connectivity index (χ1) is 6.66. The fourth-order valence-corrected chi connectivity index (χ4v) is 1.23. The Morgan fingerprint density at radius 3 is 3.00 bits per heavy atom. The summed E-state index contributed by atoms with van der Waals surface area (Å²) in [6.07, 6.45) is 9.52. The number of amides is 1. The van der Waals surface area contributed by atoms with Crippen molar-refractivity contribution in [2.45, 2.75) is 13.3 Å². The summed E-state index contributed by atoms with van der Waals surface area (Å²) >= 11 is 0. The Morgan fingerprint density at radius 1 is 1.64 bits per heavy atom. The second-order valence-corrected chi connectivity index (χ2v) is 3.18. The number of likely N-dealkylation sites (N-methyl/N-ethyl adjacent to an activating group) is 1. The molecule has 0 bridgehead atoms. The van der Waals surface area contributed by atoms with Gasteiger partial charge in [-0.15, -0.1) is 0 Å². The molecule has 0 aromatic rings. The number of nitrogens with one attached hydrogen (secondary N) is 1. The standard InChI is InChI=1S/C11H14N2O/c1-9-6-4-3-5-7-10(9)11(14)13(2)8-12/h3-4,6-8,12H,5H2,1-2H3. The van der Waals surface area contributed by atoms with Gasteiger partial charge < -0.3 is 4.90 Å². The van der Waals surface area contributed by atoms with Crippen molar-refractivity contribution >= 4 is 12.2 Å². The molecule has 0 fully saturated rings. The predicted octanol–water partition coefficient (Wildman–Crippen LogP) is 1.88. The van der Waals surface area contributed by atoms with Gasteiger partial charge in [0.1, 0.15) is 0 Å². The normalized spacial score (nSPS) is 15.3. The zero-order valence-corrected chi connectivity index (χ0v) is 8.45. The number of hydrogen-bond acceptors (Lipinski definition) is 2. The summed E-state index contributed by atoms with van der Waals surface area (Å²) in [7, 11) is 1.59. The fourth-order valence-electron chi connectivity index (χ4n) is 1.23. The van der Waals surface area contributed by atoms with Crippen LogP contribution in [0.25, 0.3) is 0 Å². The topological polar surface area (TPSA) is 44.2 Å². The van der Waals surface area contributed by atoms with Crippen molar-refractivity contribution in [3.63, 3.8) is 0 Å². The zero-order valence-electron chi connectivity index (χ0n) is 8.45. The molecule has 0 atom stereocenters. The first-order valence-corrected chi connectivity index (χ1v) is 4.48. The van der Waals surface area contributed by atoms with E-state index in [0.717, 1.165) is 18.3 Å². The fraction of sp³-hybridized carbons (Fsp3) is 0.273. The third-order valence-corrected chi connectivity index (χ3v) is 2.11. The van der Waals surface area contributed by atoms with Crippen molar-refractivity contribution in [3.8, 4) is 0 Å². The van der Waals surface area contributed by atoms with Crippen LogP contribution in [0.15, 0.2) is 35.5 Å². The molecule has 0 aliphatic heterocycles. The molecule has 0 spiro atoms. The number of carbonyl (C=O) groups excluding carboxylic acids is 1. The van der Waals surface area contributed by atoms with Gasteiger partial charge in [-0.1, -0.05) is 24.3 Å². The van der Waals surface area contributed by atoms with Crippen LogP contribution in [0.5, 0.6) is 0 Å². The van der Waals surface area contributed by atoms with Gasteiger partial charge in [0.05, 0.1) is 6.34 Å². The minimum Gasteiger partial charge on any atom is -0.302 e. The number of allylic oxidation sites excluding steroid dienone is 4. The Hall–Kier alpha value is -1.64. The molecule has 0 radical (unpaired) electrons. The summed E-state index contributed by atoms with van der Waals surface area (Å²) in [6.45, 7) is 1.90. The van der Waals surface area contributed by atoms with Gasteiger partial charge in [0, 0.05) is 12.6 Å². The van der Waals surface area contributed by atoms with Gasteiger partial charge in [-0.3, -0.25) is 10.2 Å². The Labute approximate surface area is 83.9 Å². The van der Waals surface area contributed by atoms with Gasteiger partial charge in [-0.25, -0.2) is 0 Å². The smallest absolute Gasteiger partial charge is 0.258 e. The van der Waals surface area contributed by atoms with E-state index in [-0.39, 0.29) is 5.91 Å². The summed E-state index contributed by atoms with van der Waals surface area (Å²) in [5.74, 6) is -0.127. The predicted molar refractivity (Wildman–Crippen MR) is 57.2 cm³/mol. The third kappa shape index (κ3) is 2.19. The van der Waals surface area contributed by atoms with E-state index in [1.807, 2.05) is 31.2 Å². The molecule has 1 amide bonds. The SMILES string of the molecule is CC1=CC=CCC=C1C(=O)N(C)C=N. The Balaban J connectivity index is 2.92. The minimum atomic E-state index is -0.127. The number of hydrogen-bond donors (Lipinski definition) is 1. The van der Waals surface area contributed by atoms with Crippen molar-refractivity contribution in [1.82, 2.24) is 4.90 Å². The number of carbonyl (C=O) groups is 1. The van der Waals surface area contributed by atoms with Gasteiger partial charge in [-0.2, -0.15) is 0 Å². The minimum absolute atomic E-state index is 0.127. The molecule has 0 unspecified atom stereocenters. The molecular weight excluding hydrogens is 176 g/mol. The second-order valence-electron chi connectivity index (χ2n) is 3.18. The van der Waals surface area contributed by atoms with Crippen LogP contribution in [0.4, 0.5) is 0 Å². The van der Waals surface area contributed by atoms with Crippen LogP contribution >= 0.6 is 0 Å². The quantitative estimate of drug-likeness (QED) is 0.524. The highest BCUT2D eigenvalue weighted by molar-refractivity contribution is 6.02. The highest BCUT2D eigenvalue weighted by atomic mass is 16.2. The first kappa shape index (κ1) is 10.4. The van der Waals surface area contributed by atoms with E-state index in [2.05, 4.69) is 0 Å². The molecule has 1 aliphatic carbocycles. The van der Waals surface area contributed by atoms with E-state index < -0.39 is 0 Å². The second kappa shape index (κ2) is 4.56. The van der Waals surface area contributed by atoms with E-state index in [4.69, 9.17) is 5.41 Å². The average Bonchev–Trinajstić information content (AvgIpc) is 2.40. The van der Waals surface area contributed by atoms with Crippen molar-refractivity contribution in [2.24, 2.45) is 0 Å². The van der Waals surface area contributed by atoms with Gasteiger partial charge in [0.2, 0.25) is 0 Å². The maximum atomic E-state index is 11.7. The van der Waals surface area contributed by atoms with Crippen LogP contribution in [-0.2, 0) is 4.79 Å². The lowest BCUT2D eigenvalue weighted by atomic mass is 10.1. The molecular formula is C11H14N2O. The van der Waals surface area contributed by atoms with Crippen LogP contribution in [0, 0.1) is 5.41 Å². The lowest BCUT2D eigenvalue weighted by molar-refractivity contribution is -0.122. The molecule has 3 heteroatoms. The van der Waals surface area contributed by atoms with Crippen LogP contribution in [0.1, 0.15) is 13.3 Å². The molecule has 1 N–H and O–H groups in total. The molecule has 1 aliphatic rings. The van der Waals surface area contributed by atoms with Crippen LogP contribution < -0.4 is 0 Å². The first-order valence-electron chi connectivity index (χ1n) is 4.48. The average molecular weight is 190 g/mol. The van der Waals surface area contributed by atoms with Crippen molar-refractivity contribution < 1.29 is 4.79 Å². The molecule has 0 aromatic carbocycles. The van der Waals surface area contributed by atoms with Crippen LogP contribution in [0.2, 0.25) is 0 Å². The van der Waals surface area contributed by atoms with Gasteiger partial charge in [-0.05, 0) is 18.9 Å². The molecule has 0 saturated carbocycles. The largest absolute Gasteiger partial charge is 0.302 e. The lowest BCUT2D eigenvalue weighted by Gasteiger charge is -2.13. The van der Waals surface area contributed by atoms with Crippen molar-refractivity contribution in [3.05, 3.63) is 35.5 Å². The lowest BCUT2D eigenvalue weighted by Crippen LogP contribution is -2.26. The summed E-state index contributed by atoms with van der Waals surface area (Å²) in [6, 6.07) is 0.